The third-order valence-corrected chi connectivity index (χ3v) is 2.04. The number of nitrogens with zero attached hydrogens (tertiary/aromatic N) is 1. The highest BCUT2D eigenvalue weighted by molar-refractivity contribution is 9.10. The van der Waals surface area contributed by atoms with Crippen LogP contribution in [0.3, 0.4) is 0 Å². The number of pyridine rings is 1. The lowest BCUT2D eigenvalue weighted by atomic mass is 10.1. The zero-order valence-corrected chi connectivity index (χ0v) is 8.32. The van der Waals surface area contributed by atoms with Gasteiger partial charge in [0, 0.05) is 0 Å². The summed E-state index contributed by atoms with van der Waals surface area (Å²) in [5.41, 5.74) is 6.37. The molecule has 0 bridgehead atoms. The highest BCUT2D eigenvalue weighted by Crippen LogP contribution is 2.14. The number of rotatable bonds is 2. The maximum Gasteiger partial charge on any atom is 0.106 e. The van der Waals surface area contributed by atoms with E-state index in [1.165, 1.54) is 0 Å². The van der Waals surface area contributed by atoms with E-state index in [2.05, 4.69) is 20.9 Å². The Kier molecular flexibility index (Phi) is 3.20. The number of aromatic nitrogens is 1. The van der Waals surface area contributed by atoms with Gasteiger partial charge in [-0.2, -0.15) is 0 Å². The van der Waals surface area contributed by atoms with Crippen molar-refractivity contribution in [2.75, 3.05) is 0 Å². The van der Waals surface area contributed by atoms with E-state index in [4.69, 9.17) is 5.73 Å². The van der Waals surface area contributed by atoms with Crippen LogP contribution in [0.2, 0.25) is 0 Å². The van der Waals surface area contributed by atoms with Crippen molar-refractivity contribution in [1.82, 2.24) is 4.98 Å². The minimum atomic E-state index is -0.577. The molecule has 0 spiro atoms. The molecule has 0 radical (unpaired) electrons. The molecule has 1 aromatic heterocycles. The van der Waals surface area contributed by atoms with Gasteiger partial charge in [-0.15, -0.1) is 0 Å². The number of aliphatic hydroxyl groups is 1. The van der Waals surface area contributed by atoms with Crippen LogP contribution in [0.15, 0.2) is 22.8 Å². The first-order chi connectivity index (χ1) is 5.61. The summed E-state index contributed by atoms with van der Waals surface area (Å²) in [6.07, 6.45) is -0.577. The average molecular weight is 231 g/mol. The van der Waals surface area contributed by atoms with E-state index in [-0.39, 0.29) is 0 Å². The summed E-state index contributed by atoms with van der Waals surface area (Å²) >= 11 is 3.23. The van der Waals surface area contributed by atoms with Crippen LogP contribution in [0.4, 0.5) is 0 Å². The summed E-state index contributed by atoms with van der Waals surface area (Å²) in [5.74, 6) is 0. The molecule has 4 heteroatoms. The van der Waals surface area contributed by atoms with Gasteiger partial charge in [-0.3, -0.25) is 0 Å². The Morgan fingerprint density at radius 2 is 2.25 bits per heavy atom. The summed E-state index contributed by atoms with van der Waals surface area (Å²) in [6.45, 7) is 1.65. The van der Waals surface area contributed by atoms with Gasteiger partial charge < -0.3 is 10.8 Å². The molecule has 0 saturated heterocycles. The number of halogens is 1. The van der Waals surface area contributed by atoms with Gasteiger partial charge >= 0.3 is 0 Å². The van der Waals surface area contributed by atoms with Crippen molar-refractivity contribution < 1.29 is 5.11 Å². The van der Waals surface area contributed by atoms with Gasteiger partial charge in [-0.25, -0.2) is 4.98 Å². The van der Waals surface area contributed by atoms with E-state index in [9.17, 15) is 5.11 Å². The monoisotopic (exact) mass is 230 g/mol. The molecule has 3 nitrogen and oxygen atoms in total. The number of nitrogens with two attached hydrogens (primary N) is 1. The number of aliphatic hydroxyl groups excluding tert-OH is 1. The first-order valence-electron chi connectivity index (χ1n) is 3.67. The van der Waals surface area contributed by atoms with Crippen molar-refractivity contribution in [1.29, 1.82) is 0 Å². The molecule has 0 unspecified atom stereocenters. The maximum atomic E-state index is 9.18. The van der Waals surface area contributed by atoms with E-state index in [1.54, 1.807) is 13.0 Å². The highest BCUT2D eigenvalue weighted by atomic mass is 79.9. The Labute approximate surface area is 79.7 Å². The number of hydrogen-bond donors (Lipinski definition) is 2. The smallest absolute Gasteiger partial charge is 0.106 e. The van der Waals surface area contributed by atoms with Gasteiger partial charge in [0.15, 0.2) is 0 Å². The first kappa shape index (κ1) is 9.64. The zero-order valence-electron chi connectivity index (χ0n) is 6.74. The summed E-state index contributed by atoms with van der Waals surface area (Å²) in [7, 11) is 0. The van der Waals surface area contributed by atoms with E-state index >= 15 is 0 Å². The van der Waals surface area contributed by atoms with Gasteiger partial charge in [0.25, 0.3) is 0 Å². The summed E-state index contributed by atoms with van der Waals surface area (Å²) in [4.78, 5) is 4.13. The summed E-state index contributed by atoms with van der Waals surface area (Å²) in [6, 6.07) is 5.04. The molecule has 0 aliphatic heterocycles. The minimum absolute atomic E-state index is 0.414. The highest BCUT2D eigenvalue weighted by Gasteiger charge is 2.12. The number of hydrogen-bond acceptors (Lipinski definition) is 3. The lowest BCUT2D eigenvalue weighted by Crippen LogP contribution is -2.24. The maximum absolute atomic E-state index is 9.18. The van der Waals surface area contributed by atoms with Crippen molar-refractivity contribution >= 4 is 15.9 Å². The second-order valence-electron chi connectivity index (χ2n) is 2.65. The fourth-order valence-corrected chi connectivity index (χ4v) is 1.21. The van der Waals surface area contributed by atoms with Crippen molar-refractivity contribution in [2.45, 2.75) is 19.1 Å². The first-order valence-corrected chi connectivity index (χ1v) is 4.46. The lowest BCUT2D eigenvalue weighted by Gasteiger charge is -2.13. The van der Waals surface area contributed by atoms with Crippen LogP contribution in [0.25, 0.3) is 0 Å². The molecule has 2 atom stereocenters. The van der Waals surface area contributed by atoms with Gasteiger partial charge in [-0.1, -0.05) is 6.07 Å². The van der Waals surface area contributed by atoms with E-state index < -0.39 is 12.1 Å². The summed E-state index contributed by atoms with van der Waals surface area (Å²) < 4.78 is 0.733. The Morgan fingerprint density at radius 3 is 2.75 bits per heavy atom. The molecule has 66 valence electrons. The van der Waals surface area contributed by atoms with Crippen LogP contribution in [0, 0.1) is 0 Å². The lowest BCUT2D eigenvalue weighted by molar-refractivity contribution is 0.162. The van der Waals surface area contributed by atoms with Crippen LogP contribution in [0.5, 0.6) is 0 Å². The molecule has 1 rings (SSSR count). The predicted molar refractivity (Wildman–Crippen MR) is 50.5 cm³/mol. The molecule has 3 N–H and O–H groups in total. The Balaban J connectivity index is 2.88. The SMILES string of the molecule is C[C@@H](O)[C@@H](N)c1cccc(Br)n1. The Bertz CT molecular complexity index is 265. The molecule has 0 amide bonds. The fourth-order valence-electron chi connectivity index (χ4n) is 0.857. The molecule has 12 heavy (non-hydrogen) atoms. The van der Waals surface area contributed by atoms with Gasteiger partial charge in [0.1, 0.15) is 4.60 Å². The normalized spacial score (nSPS) is 15.7. The molecule has 0 aliphatic carbocycles. The van der Waals surface area contributed by atoms with Crippen molar-refractivity contribution in [3.05, 3.63) is 28.5 Å². The minimum Gasteiger partial charge on any atom is -0.391 e. The van der Waals surface area contributed by atoms with Crippen LogP contribution >= 0.6 is 15.9 Å². The fraction of sp³-hybridized carbons (Fsp3) is 0.375. The average Bonchev–Trinajstić information content (AvgIpc) is 2.03. The van der Waals surface area contributed by atoms with Crippen LogP contribution < -0.4 is 5.73 Å². The Hall–Kier alpha value is -0.450. The standard InChI is InChI=1S/C8H11BrN2O/c1-5(12)8(10)6-3-2-4-7(9)11-6/h2-5,8,12H,10H2,1H3/t5-,8-/m1/s1. The molecular weight excluding hydrogens is 220 g/mol. The van der Waals surface area contributed by atoms with Gasteiger partial charge in [-0.05, 0) is 35.0 Å². The molecule has 0 aliphatic rings. The Morgan fingerprint density at radius 1 is 1.58 bits per heavy atom. The topological polar surface area (TPSA) is 59.1 Å². The van der Waals surface area contributed by atoms with Crippen LogP contribution in [-0.2, 0) is 0 Å². The molecular formula is C8H11BrN2O. The zero-order chi connectivity index (χ0) is 9.14. The third-order valence-electron chi connectivity index (χ3n) is 1.60. The van der Waals surface area contributed by atoms with E-state index in [0.717, 1.165) is 4.60 Å². The molecule has 0 aromatic carbocycles. The van der Waals surface area contributed by atoms with Crippen molar-refractivity contribution in [3.8, 4) is 0 Å². The van der Waals surface area contributed by atoms with E-state index in [0.29, 0.717) is 5.69 Å². The molecule has 0 fully saturated rings. The van der Waals surface area contributed by atoms with Gasteiger partial charge in [0.2, 0.25) is 0 Å². The quantitative estimate of drug-likeness (QED) is 0.752. The second-order valence-corrected chi connectivity index (χ2v) is 3.46. The largest absolute Gasteiger partial charge is 0.391 e. The second kappa shape index (κ2) is 3.98. The van der Waals surface area contributed by atoms with E-state index in [1.807, 2.05) is 12.1 Å². The third kappa shape index (κ3) is 2.27. The molecule has 1 heterocycles. The van der Waals surface area contributed by atoms with Crippen LogP contribution in [0.1, 0.15) is 18.7 Å². The van der Waals surface area contributed by atoms with Gasteiger partial charge in [0.05, 0.1) is 17.8 Å². The van der Waals surface area contributed by atoms with Crippen molar-refractivity contribution in [2.24, 2.45) is 5.73 Å². The summed E-state index contributed by atoms with van der Waals surface area (Å²) in [5, 5.41) is 9.18. The van der Waals surface area contributed by atoms with Crippen LogP contribution in [-0.4, -0.2) is 16.2 Å². The molecule has 1 aromatic rings. The predicted octanol–water partition coefficient (Wildman–Crippen LogP) is 1.22. The molecule has 0 saturated carbocycles. The van der Waals surface area contributed by atoms with Crippen molar-refractivity contribution in [3.63, 3.8) is 0 Å².